The Morgan fingerprint density at radius 1 is 1.69 bits per heavy atom. The Balaban J connectivity index is 2.36. The van der Waals surface area contributed by atoms with Crippen molar-refractivity contribution < 1.29 is 19.7 Å². The lowest BCUT2D eigenvalue weighted by atomic mass is 9.99. The number of hydrogen-bond donors (Lipinski definition) is 2. The van der Waals surface area contributed by atoms with E-state index in [1.807, 2.05) is 0 Å². The number of carbonyl (C=O) groups is 1. The van der Waals surface area contributed by atoms with Gasteiger partial charge < -0.3 is 14.9 Å². The van der Waals surface area contributed by atoms with E-state index in [9.17, 15) is 4.79 Å². The van der Waals surface area contributed by atoms with E-state index in [1.54, 1.807) is 6.92 Å². The van der Waals surface area contributed by atoms with E-state index in [1.165, 1.54) is 0 Å². The molecule has 0 spiro atoms. The molecule has 76 valence electrons. The van der Waals surface area contributed by atoms with Gasteiger partial charge in [-0.2, -0.15) is 0 Å². The van der Waals surface area contributed by atoms with Crippen LogP contribution in [0.2, 0.25) is 0 Å². The van der Waals surface area contributed by atoms with Crippen molar-refractivity contribution in [3.8, 4) is 0 Å². The van der Waals surface area contributed by atoms with Crippen LogP contribution in [0.25, 0.3) is 0 Å². The van der Waals surface area contributed by atoms with Crippen LogP contribution in [0.4, 0.5) is 0 Å². The summed E-state index contributed by atoms with van der Waals surface area (Å²) in [6.07, 6.45) is 0.988. The quantitative estimate of drug-likeness (QED) is 0.613. The van der Waals surface area contributed by atoms with Crippen LogP contribution in [0, 0.1) is 5.92 Å². The highest BCUT2D eigenvalue weighted by molar-refractivity contribution is 5.74. The van der Waals surface area contributed by atoms with Crippen molar-refractivity contribution in [3.05, 3.63) is 0 Å². The number of aliphatic hydroxyl groups is 2. The third-order valence-corrected chi connectivity index (χ3v) is 2.25. The zero-order chi connectivity index (χ0) is 9.84. The maximum absolute atomic E-state index is 11.1. The first-order valence-corrected chi connectivity index (χ1v) is 4.63. The summed E-state index contributed by atoms with van der Waals surface area (Å²) in [5.41, 5.74) is 0. The van der Waals surface area contributed by atoms with E-state index < -0.39 is 6.10 Å². The molecule has 1 fully saturated rings. The van der Waals surface area contributed by atoms with Gasteiger partial charge in [-0.3, -0.25) is 4.79 Å². The summed E-state index contributed by atoms with van der Waals surface area (Å²) >= 11 is 0. The molecular weight excluding hydrogens is 172 g/mol. The zero-order valence-electron chi connectivity index (χ0n) is 7.77. The number of cyclic esters (lactones) is 1. The van der Waals surface area contributed by atoms with Gasteiger partial charge in [-0.1, -0.05) is 0 Å². The first kappa shape index (κ1) is 10.5. The molecule has 3 atom stereocenters. The van der Waals surface area contributed by atoms with E-state index in [0.717, 1.165) is 0 Å². The van der Waals surface area contributed by atoms with Crippen molar-refractivity contribution >= 4 is 5.97 Å². The number of aliphatic hydroxyl groups excluding tert-OH is 2. The van der Waals surface area contributed by atoms with Gasteiger partial charge in [-0.05, 0) is 19.8 Å². The average molecular weight is 188 g/mol. The normalized spacial score (nSPS) is 30.2. The Kier molecular flexibility index (Phi) is 3.69. The highest BCUT2D eigenvalue weighted by Gasteiger charge is 2.34. The largest absolute Gasteiger partial charge is 0.462 e. The van der Waals surface area contributed by atoms with E-state index >= 15 is 0 Å². The predicted molar refractivity (Wildman–Crippen MR) is 46.0 cm³/mol. The third-order valence-electron chi connectivity index (χ3n) is 2.25. The number of rotatable bonds is 4. The van der Waals surface area contributed by atoms with Crippen LogP contribution in [0.5, 0.6) is 0 Å². The fraction of sp³-hybridized carbons (Fsp3) is 0.889. The monoisotopic (exact) mass is 188 g/mol. The summed E-state index contributed by atoms with van der Waals surface area (Å²) in [6, 6.07) is 0. The van der Waals surface area contributed by atoms with Crippen LogP contribution in [-0.4, -0.2) is 35.0 Å². The summed E-state index contributed by atoms with van der Waals surface area (Å²) in [4.78, 5) is 11.1. The van der Waals surface area contributed by atoms with Crippen LogP contribution in [-0.2, 0) is 9.53 Å². The van der Waals surface area contributed by atoms with E-state index in [0.29, 0.717) is 19.3 Å². The Morgan fingerprint density at radius 2 is 2.38 bits per heavy atom. The third kappa shape index (κ3) is 2.97. The molecule has 0 aromatic rings. The van der Waals surface area contributed by atoms with Gasteiger partial charge in [-0.25, -0.2) is 0 Å². The second-order valence-electron chi connectivity index (χ2n) is 3.59. The first-order chi connectivity index (χ1) is 6.13. The van der Waals surface area contributed by atoms with Crippen LogP contribution in [0.3, 0.4) is 0 Å². The molecule has 0 saturated carbocycles. The molecule has 0 radical (unpaired) electrons. The molecule has 4 nitrogen and oxygen atoms in total. The smallest absolute Gasteiger partial charge is 0.309 e. The summed E-state index contributed by atoms with van der Waals surface area (Å²) in [5.74, 6) is -0.409. The molecule has 1 aliphatic heterocycles. The fourth-order valence-electron chi connectivity index (χ4n) is 1.64. The highest BCUT2D eigenvalue weighted by atomic mass is 16.6. The van der Waals surface area contributed by atoms with Crippen molar-refractivity contribution in [1.82, 2.24) is 0 Å². The molecule has 1 heterocycles. The Labute approximate surface area is 77.5 Å². The number of carbonyl (C=O) groups excluding carboxylic acids is 1. The lowest BCUT2D eigenvalue weighted by Crippen LogP contribution is -2.14. The molecule has 0 amide bonds. The fourth-order valence-corrected chi connectivity index (χ4v) is 1.64. The lowest BCUT2D eigenvalue weighted by Gasteiger charge is -2.09. The predicted octanol–water partition coefficient (Wildman–Crippen LogP) is 0.0714. The number of esters is 1. The molecular formula is C9H16O4. The van der Waals surface area contributed by atoms with Gasteiger partial charge in [0.15, 0.2) is 0 Å². The van der Waals surface area contributed by atoms with E-state index in [4.69, 9.17) is 14.9 Å². The molecule has 1 rings (SSSR count). The average Bonchev–Trinajstić information content (AvgIpc) is 2.31. The van der Waals surface area contributed by atoms with E-state index in [-0.39, 0.29) is 24.6 Å². The minimum Gasteiger partial charge on any atom is -0.462 e. The topological polar surface area (TPSA) is 66.8 Å². The van der Waals surface area contributed by atoms with Crippen LogP contribution < -0.4 is 0 Å². The maximum atomic E-state index is 11.1. The highest BCUT2D eigenvalue weighted by Crippen LogP contribution is 2.26. The van der Waals surface area contributed by atoms with Gasteiger partial charge in [0.25, 0.3) is 0 Å². The molecule has 0 aromatic carbocycles. The Hall–Kier alpha value is -0.610. The van der Waals surface area contributed by atoms with Gasteiger partial charge >= 0.3 is 5.97 Å². The van der Waals surface area contributed by atoms with Crippen LogP contribution >= 0.6 is 0 Å². The second kappa shape index (κ2) is 4.58. The molecule has 0 unspecified atom stereocenters. The molecule has 1 aliphatic rings. The zero-order valence-corrected chi connectivity index (χ0v) is 7.77. The van der Waals surface area contributed by atoms with Crippen molar-refractivity contribution in [2.75, 3.05) is 6.61 Å². The van der Waals surface area contributed by atoms with Gasteiger partial charge in [0.05, 0.1) is 12.0 Å². The summed E-state index contributed by atoms with van der Waals surface area (Å²) in [5, 5.41) is 17.7. The molecule has 4 heteroatoms. The van der Waals surface area contributed by atoms with Gasteiger partial charge in [0.1, 0.15) is 6.10 Å². The van der Waals surface area contributed by atoms with Crippen molar-refractivity contribution in [3.63, 3.8) is 0 Å². The van der Waals surface area contributed by atoms with Crippen molar-refractivity contribution in [1.29, 1.82) is 0 Å². The molecule has 0 bridgehead atoms. The van der Waals surface area contributed by atoms with Crippen LogP contribution in [0.15, 0.2) is 0 Å². The summed E-state index contributed by atoms with van der Waals surface area (Å²) in [7, 11) is 0. The number of hydrogen-bond acceptors (Lipinski definition) is 4. The number of ether oxygens (including phenoxy) is 1. The van der Waals surface area contributed by atoms with Gasteiger partial charge in [0.2, 0.25) is 0 Å². The van der Waals surface area contributed by atoms with E-state index in [2.05, 4.69) is 0 Å². The van der Waals surface area contributed by atoms with Gasteiger partial charge in [-0.15, -0.1) is 0 Å². The Morgan fingerprint density at radius 3 is 2.92 bits per heavy atom. The first-order valence-electron chi connectivity index (χ1n) is 4.63. The summed E-state index contributed by atoms with van der Waals surface area (Å²) < 4.78 is 5.03. The standard InChI is InChI=1S/C9H16O4/c1-6(11)4-8-5-7(2-3-10)9(12)13-8/h6-8,10-11H,2-5H2,1H3/t6-,7+,8-/m1/s1. The second-order valence-corrected chi connectivity index (χ2v) is 3.59. The SMILES string of the molecule is C[C@@H](O)C[C@@H]1C[C@H](CCO)C(=O)O1. The Bertz CT molecular complexity index is 178. The minimum absolute atomic E-state index is 0.0150. The molecule has 0 aromatic heterocycles. The van der Waals surface area contributed by atoms with Crippen LogP contribution in [0.1, 0.15) is 26.2 Å². The lowest BCUT2D eigenvalue weighted by molar-refractivity contribution is -0.145. The van der Waals surface area contributed by atoms with Crippen molar-refractivity contribution in [2.45, 2.75) is 38.4 Å². The maximum Gasteiger partial charge on any atom is 0.309 e. The van der Waals surface area contributed by atoms with Gasteiger partial charge in [0, 0.05) is 13.0 Å². The molecule has 2 N–H and O–H groups in total. The molecule has 0 aliphatic carbocycles. The van der Waals surface area contributed by atoms with Crippen molar-refractivity contribution in [2.24, 2.45) is 5.92 Å². The minimum atomic E-state index is -0.439. The molecule has 1 saturated heterocycles. The molecule has 13 heavy (non-hydrogen) atoms. The summed E-state index contributed by atoms with van der Waals surface area (Å²) in [6.45, 7) is 1.69.